The average Bonchev–Trinajstić information content (AvgIpc) is 2.15. The lowest BCUT2D eigenvalue weighted by Crippen LogP contribution is -2.28. The van der Waals surface area contributed by atoms with E-state index in [1.807, 2.05) is 0 Å². The Morgan fingerprint density at radius 1 is 1.53 bits per heavy atom. The van der Waals surface area contributed by atoms with E-state index in [4.69, 9.17) is 5.53 Å². The van der Waals surface area contributed by atoms with Crippen molar-refractivity contribution in [1.29, 1.82) is 0 Å². The zero-order valence-electron chi connectivity index (χ0n) is 7.07. The maximum absolute atomic E-state index is 12.6. The molecule has 0 saturated heterocycles. The Balaban J connectivity index is 3.29. The molecule has 0 amide bonds. The van der Waals surface area contributed by atoms with Crippen molar-refractivity contribution in [1.82, 2.24) is 0 Å². The van der Waals surface area contributed by atoms with Gasteiger partial charge >= 0.3 is 15.9 Å². The maximum Gasteiger partial charge on any atom is 0.320 e. The molecular formula is C6H4FN3O4S. The maximum atomic E-state index is 12.6. The molecule has 1 rings (SSSR count). The van der Waals surface area contributed by atoms with Crippen LogP contribution < -0.4 is 0 Å². The lowest BCUT2D eigenvalue weighted by atomic mass is 10.1. The predicted molar refractivity (Wildman–Crippen MR) is 46.7 cm³/mol. The highest BCUT2D eigenvalue weighted by molar-refractivity contribution is 7.88. The monoisotopic (exact) mass is 233 g/mol. The minimum absolute atomic E-state index is 0.511. The molecular weight excluding hydrogens is 229 g/mol. The molecule has 1 aliphatic carbocycles. The molecule has 0 heterocycles. The molecule has 0 bridgehead atoms. The minimum atomic E-state index is -5.08. The molecule has 0 N–H and O–H groups in total. The molecule has 0 aliphatic heterocycles. The van der Waals surface area contributed by atoms with E-state index in [1.165, 1.54) is 0 Å². The molecule has 0 radical (unpaired) electrons. The summed E-state index contributed by atoms with van der Waals surface area (Å²) in [4.78, 5) is 11.9. The minimum Gasteiger partial charge on any atom is -0.361 e. The molecule has 0 aromatic rings. The Morgan fingerprint density at radius 3 is 2.53 bits per heavy atom. The van der Waals surface area contributed by atoms with Gasteiger partial charge in [0.05, 0.1) is 4.92 Å². The lowest BCUT2D eigenvalue weighted by molar-refractivity contribution is -0.419. The third-order valence-corrected chi connectivity index (χ3v) is 2.65. The fourth-order valence-corrected chi connectivity index (χ4v) is 1.72. The van der Waals surface area contributed by atoms with Gasteiger partial charge in [-0.15, -0.1) is 3.89 Å². The van der Waals surface area contributed by atoms with Crippen LogP contribution in [0.3, 0.4) is 0 Å². The summed E-state index contributed by atoms with van der Waals surface area (Å²) < 4.78 is 33.8. The van der Waals surface area contributed by atoms with Crippen LogP contribution in [0.1, 0.15) is 0 Å². The quantitative estimate of drug-likeness (QED) is 0.220. The third kappa shape index (κ3) is 2.33. The van der Waals surface area contributed by atoms with Crippen LogP contribution in [-0.2, 0) is 10.2 Å². The Bertz CT molecular complexity index is 514. The SMILES string of the molecule is [N-]=[N+]=C1C=CC([N+](=O)[O-])=CC1S(=O)(=O)F. The van der Waals surface area contributed by atoms with Crippen LogP contribution in [0.4, 0.5) is 3.89 Å². The fraction of sp³-hybridized carbons (Fsp3) is 0.167. The summed E-state index contributed by atoms with van der Waals surface area (Å²) in [6.07, 6.45) is 2.33. The van der Waals surface area contributed by atoms with Gasteiger partial charge in [0.25, 0.3) is 5.70 Å². The molecule has 7 nitrogen and oxygen atoms in total. The van der Waals surface area contributed by atoms with Crippen LogP contribution in [0.15, 0.2) is 23.9 Å². The lowest BCUT2D eigenvalue weighted by Gasteiger charge is -2.03. The van der Waals surface area contributed by atoms with Crippen molar-refractivity contribution in [3.63, 3.8) is 0 Å². The number of halogens is 1. The van der Waals surface area contributed by atoms with Crippen LogP contribution in [0.25, 0.3) is 5.53 Å². The first-order valence-electron chi connectivity index (χ1n) is 3.56. The largest absolute Gasteiger partial charge is 0.361 e. The van der Waals surface area contributed by atoms with Gasteiger partial charge < -0.3 is 5.53 Å². The summed E-state index contributed by atoms with van der Waals surface area (Å²) in [5.74, 6) is 0. The molecule has 0 aromatic heterocycles. The highest BCUT2D eigenvalue weighted by Crippen LogP contribution is 2.16. The number of hydrogen-bond donors (Lipinski definition) is 0. The summed E-state index contributed by atoms with van der Waals surface area (Å²) in [6.45, 7) is 0. The molecule has 15 heavy (non-hydrogen) atoms. The van der Waals surface area contributed by atoms with Crippen LogP contribution in [0.2, 0.25) is 0 Å². The summed E-state index contributed by atoms with van der Waals surface area (Å²) in [6, 6.07) is 0. The first-order chi connectivity index (χ1) is 6.86. The van der Waals surface area contributed by atoms with Crippen LogP contribution in [-0.4, -0.2) is 29.1 Å². The van der Waals surface area contributed by atoms with Crippen molar-refractivity contribution in [2.75, 3.05) is 0 Å². The van der Waals surface area contributed by atoms with E-state index in [0.29, 0.717) is 6.08 Å². The van der Waals surface area contributed by atoms with Crippen LogP contribution in [0.5, 0.6) is 0 Å². The second-order valence-corrected chi connectivity index (χ2v) is 4.06. The number of nitro groups is 1. The molecule has 1 unspecified atom stereocenters. The van der Waals surface area contributed by atoms with Crippen molar-refractivity contribution < 1.29 is 22.0 Å². The second kappa shape index (κ2) is 3.71. The van der Waals surface area contributed by atoms with Gasteiger partial charge in [-0.05, 0) is 0 Å². The van der Waals surface area contributed by atoms with Gasteiger partial charge in [-0.25, -0.2) is 0 Å². The molecule has 0 spiro atoms. The van der Waals surface area contributed by atoms with Gasteiger partial charge in [-0.2, -0.15) is 13.2 Å². The van der Waals surface area contributed by atoms with E-state index in [0.717, 1.165) is 12.2 Å². The fourth-order valence-electron chi connectivity index (χ4n) is 0.999. The number of rotatable bonds is 2. The van der Waals surface area contributed by atoms with E-state index in [1.54, 1.807) is 0 Å². The summed E-state index contributed by atoms with van der Waals surface area (Å²) in [5, 5.41) is 8.35. The third-order valence-electron chi connectivity index (χ3n) is 1.67. The molecule has 0 aromatic carbocycles. The summed E-state index contributed by atoms with van der Waals surface area (Å²) in [5.41, 5.74) is 7.27. The predicted octanol–water partition coefficient (Wildman–Crippen LogP) is 0.0555. The van der Waals surface area contributed by atoms with E-state index in [2.05, 4.69) is 4.79 Å². The zero-order valence-corrected chi connectivity index (χ0v) is 7.89. The summed E-state index contributed by atoms with van der Waals surface area (Å²) >= 11 is 0. The number of nitrogens with zero attached hydrogens (tertiary/aromatic N) is 3. The van der Waals surface area contributed by atoms with Gasteiger partial charge in [0, 0.05) is 18.2 Å². The van der Waals surface area contributed by atoms with E-state index >= 15 is 0 Å². The van der Waals surface area contributed by atoms with E-state index < -0.39 is 31.8 Å². The van der Waals surface area contributed by atoms with E-state index in [-0.39, 0.29) is 0 Å². The molecule has 1 atom stereocenters. The van der Waals surface area contributed by atoms with Crippen LogP contribution >= 0.6 is 0 Å². The molecule has 0 fully saturated rings. The molecule has 0 saturated carbocycles. The highest BCUT2D eigenvalue weighted by atomic mass is 32.3. The normalized spacial score (nSPS) is 20.7. The average molecular weight is 233 g/mol. The van der Waals surface area contributed by atoms with Gasteiger partial charge in [0.15, 0.2) is 0 Å². The highest BCUT2D eigenvalue weighted by Gasteiger charge is 2.38. The van der Waals surface area contributed by atoms with Crippen LogP contribution in [0, 0.1) is 10.1 Å². The molecule has 80 valence electrons. The number of allylic oxidation sites excluding steroid dienone is 2. The molecule has 9 heteroatoms. The summed E-state index contributed by atoms with van der Waals surface area (Å²) in [7, 11) is -5.08. The van der Waals surface area contributed by atoms with Gasteiger partial charge in [-0.1, -0.05) is 0 Å². The van der Waals surface area contributed by atoms with Crippen molar-refractivity contribution >= 4 is 15.9 Å². The Labute approximate surface area is 83.5 Å². The van der Waals surface area contributed by atoms with Crippen molar-refractivity contribution in [3.8, 4) is 0 Å². The zero-order chi connectivity index (χ0) is 11.6. The smallest absolute Gasteiger partial charge is 0.320 e. The van der Waals surface area contributed by atoms with Crippen molar-refractivity contribution in [3.05, 3.63) is 39.6 Å². The first-order valence-corrected chi connectivity index (χ1v) is 5.00. The van der Waals surface area contributed by atoms with E-state index in [9.17, 15) is 22.4 Å². The van der Waals surface area contributed by atoms with Crippen molar-refractivity contribution in [2.45, 2.75) is 5.25 Å². The van der Waals surface area contributed by atoms with Gasteiger partial charge in [-0.3, -0.25) is 10.1 Å². The van der Waals surface area contributed by atoms with Crippen molar-refractivity contribution in [2.24, 2.45) is 0 Å². The van der Waals surface area contributed by atoms with Gasteiger partial charge in [0.1, 0.15) is 0 Å². The molecule has 1 aliphatic rings. The Kier molecular flexibility index (Phi) is 2.78. The topological polar surface area (TPSA) is 114 Å². The van der Waals surface area contributed by atoms with Gasteiger partial charge in [0.2, 0.25) is 5.25 Å². The Hall–Kier alpha value is -1.86. The first kappa shape index (κ1) is 11.2. The second-order valence-electron chi connectivity index (χ2n) is 2.60. The standard InChI is InChI=1S/C6H4FN3O4S/c7-15(13,14)6-3-4(10(11)12)1-2-5(6)9-8/h1-3,6H. The number of hydrogen-bond acceptors (Lipinski definition) is 4. The Morgan fingerprint density at radius 2 is 2.13 bits per heavy atom.